The van der Waals surface area contributed by atoms with E-state index in [-0.39, 0.29) is 17.1 Å². The monoisotopic (exact) mass is 332 g/mol. The summed E-state index contributed by atoms with van der Waals surface area (Å²) in [6.07, 6.45) is 7.14. The maximum Gasteiger partial charge on any atom is 0.322 e. The zero-order valence-corrected chi connectivity index (χ0v) is 13.5. The van der Waals surface area contributed by atoms with Crippen LogP contribution >= 0.6 is 0 Å². The molecule has 1 saturated carbocycles. The van der Waals surface area contributed by atoms with Gasteiger partial charge in [-0.05, 0) is 19.8 Å². The summed E-state index contributed by atoms with van der Waals surface area (Å²) in [4.78, 5) is 22.7. The van der Waals surface area contributed by atoms with Crippen molar-refractivity contribution in [1.29, 1.82) is 0 Å². The number of nitro groups is 1. The van der Waals surface area contributed by atoms with Crippen molar-refractivity contribution in [3.8, 4) is 0 Å². The second kappa shape index (κ2) is 6.81. The molecule has 0 spiro atoms. The highest BCUT2D eigenvalue weighted by Crippen LogP contribution is 2.31. The van der Waals surface area contributed by atoms with Crippen LogP contribution in [0.15, 0.2) is 6.07 Å². The predicted octanol–water partition coefficient (Wildman–Crippen LogP) is 3.04. The molecule has 0 bridgehead atoms. The fourth-order valence-corrected chi connectivity index (χ4v) is 3.18. The summed E-state index contributed by atoms with van der Waals surface area (Å²) in [6, 6.07) is 1.80. The first-order valence-electron chi connectivity index (χ1n) is 8.12. The number of rotatable bonds is 4. The zero-order chi connectivity index (χ0) is 17.1. The van der Waals surface area contributed by atoms with E-state index in [2.05, 4.69) is 25.7 Å². The van der Waals surface area contributed by atoms with Gasteiger partial charge in [-0.25, -0.2) is 0 Å². The van der Waals surface area contributed by atoms with E-state index in [1.807, 2.05) is 0 Å². The van der Waals surface area contributed by atoms with Crippen molar-refractivity contribution in [3.05, 3.63) is 33.3 Å². The Hall–Kier alpha value is -2.71. The Kier molecular flexibility index (Phi) is 4.59. The van der Waals surface area contributed by atoms with Gasteiger partial charge in [0.25, 0.3) is 5.91 Å². The highest BCUT2D eigenvalue weighted by molar-refractivity contribution is 6.05. The molecular weight excluding hydrogens is 312 g/mol. The fourth-order valence-electron chi connectivity index (χ4n) is 3.18. The lowest BCUT2D eigenvalue weighted by atomic mass is 9.97. The first kappa shape index (κ1) is 16.2. The highest BCUT2D eigenvalue weighted by atomic mass is 16.6. The Labute approximate surface area is 138 Å². The van der Waals surface area contributed by atoms with Crippen LogP contribution in [-0.2, 0) is 0 Å². The van der Waals surface area contributed by atoms with Gasteiger partial charge < -0.3 is 5.32 Å². The fraction of sp³-hybridized carbons (Fsp3) is 0.533. The average molecular weight is 332 g/mol. The van der Waals surface area contributed by atoms with E-state index in [0.717, 1.165) is 18.5 Å². The molecular formula is C15H20N6O3. The summed E-state index contributed by atoms with van der Waals surface area (Å²) in [6.45, 7) is 1.50. The standard InChI is InChI=1S/C15H20N6O3/c1-9-14(21(23)24)13(20-17-9)15(22)16-12-8-11(18-19-12)10-6-4-2-3-5-7-10/h8,10H,2-7H2,1H3,(H,17,20)(H2,16,18,19,22). The molecule has 0 unspecified atom stereocenters. The molecule has 24 heavy (non-hydrogen) atoms. The van der Waals surface area contributed by atoms with Crippen LogP contribution in [0.2, 0.25) is 0 Å². The molecule has 3 N–H and O–H groups in total. The van der Waals surface area contributed by atoms with Crippen LogP contribution in [0.1, 0.15) is 66.3 Å². The summed E-state index contributed by atoms with van der Waals surface area (Å²) in [5, 5.41) is 26.9. The van der Waals surface area contributed by atoms with Gasteiger partial charge in [-0.3, -0.25) is 25.1 Å². The molecule has 0 aliphatic heterocycles. The highest BCUT2D eigenvalue weighted by Gasteiger charge is 2.27. The first-order chi connectivity index (χ1) is 11.6. The van der Waals surface area contributed by atoms with Crippen LogP contribution in [0.3, 0.4) is 0 Å². The number of amides is 1. The number of hydrogen-bond donors (Lipinski definition) is 3. The molecule has 3 rings (SSSR count). The third-order valence-corrected chi connectivity index (χ3v) is 4.45. The molecule has 2 aromatic heterocycles. The molecule has 0 atom stereocenters. The van der Waals surface area contributed by atoms with Crippen LogP contribution in [-0.4, -0.2) is 31.2 Å². The summed E-state index contributed by atoms with van der Waals surface area (Å²) in [7, 11) is 0. The van der Waals surface area contributed by atoms with Gasteiger partial charge >= 0.3 is 5.69 Å². The molecule has 1 fully saturated rings. The van der Waals surface area contributed by atoms with E-state index < -0.39 is 10.8 Å². The molecule has 2 heterocycles. The quantitative estimate of drug-likeness (QED) is 0.450. The number of carbonyl (C=O) groups excluding carboxylic acids is 1. The lowest BCUT2D eigenvalue weighted by molar-refractivity contribution is -0.385. The van der Waals surface area contributed by atoms with Crippen molar-refractivity contribution in [2.75, 3.05) is 5.32 Å². The van der Waals surface area contributed by atoms with Crippen molar-refractivity contribution in [2.45, 2.75) is 51.4 Å². The maximum atomic E-state index is 12.2. The van der Waals surface area contributed by atoms with Crippen molar-refractivity contribution in [1.82, 2.24) is 20.4 Å². The molecule has 128 valence electrons. The van der Waals surface area contributed by atoms with Gasteiger partial charge in [-0.15, -0.1) is 0 Å². The van der Waals surface area contributed by atoms with Crippen molar-refractivity contribution >= 4 is 17.4 Å². The number of H-pyrrole nitrogens is 2. The SMILES string of the molecule is Cc1[nH]nc(C(=O)Nc2cc(C3CCCCCC3)[nH]n2)c1[N+](=O)[O-]. The average Bonchev–Trinajstić information content (AvgIpc) is 3.06. The Morgan fingerprint density at radius 2 is 1.96 bits per heavy atom. The molecule has 9 heteroatoms. The minimum absolute atomic E-state index is 0.239. The molecule has 9 nitrogen and oxygen atoms in total. The number of anilines is 1. The molecule has 1 aliphatic carbocycles. The normalized spacial score (nSPS) is 15.9. The number of hydrogen-bond acceptors (Lipinski definition) is 5. The Balaban J connectivity index is 1.72. The summed E-state index contributed by atoms with van der Waals surface area (Å²) < 4.78 is 0. The second-order valence-corrected chi connectivity index (χ2v) is 6.15. The minimum atomic E-state index is -0.648. The molecule has 1 amide bonds. The number of nitrogens with one attached hydrogen (secondary N) is 3. The number of aromatic amines is 2. The molecule has 2 aromatic rings. The number of aryl methyl sites for hydroxylation is 1. The Bertz CT molecular complexity index is 742. The van der Waals surface area contributed by atoms with Gasteiger partial charge in [0.05, 0.1) is 4.92 Å². The van der Waals surface area contributed by atoms with E-state index in [4.69, 9.17) is 0 Å². The Morgan fingerprint density at radius 3 is 2.62 bits per heavy atom. The van der Waals surface area contributed by atoms with E-state index in [9.17, 15) is 14.9 Å². The third kappa shape index (κ3) is 3.29. The van der Waals surface area contributed by atoms with Gasteiger partial charge in [-0.1, -0.05) is 25.7 Å². The number of carbonyl (C=O) groups is 1. The van der Waals surface area contributed by atoms with E-state index in [1.165, 1.54) is 32.6 Å². The van der Waals surface area contributed by atoms with Crippen molar-refractivity contribution in [2.24, 2.45) is 0 Å². The van der Waals surface area contributed by atoms with Crippen LogP contribution in [0.5, 0.6) is 0 Å². The van der Waals surface area contributed by atoms with Gasteiger partial charge in [0, 0.05) is 17.7 Å². The smallest absolute Gasteiger partial charge is 0.303 e. The topological polar surface area (TPSA) is 130 Å². The van der Waals surface area contributed by atoms with Gasteiger partial charge in [0.2, 0.25) is 5.69 Å². The van der Waals surface area contributed by atoms with Crippen LogP contribution in [0, 0.1) is 17.0 Å². The summed E-state index contributed by atoms with van der Waals surface area (Å²) in [5.74, 6) is 0.131. The van der Waals surface area contributed by atoms with E-state index >= 15 is 0 Å². The molecule has 0 radical (unpaired) electrons. The van der Waals surface area contributed by atoms with Crippen molar-refractivity contribution < 1.29 is 9.72 Å². The third-order valence-electron chi connectivity index (χ3n) is 4.45. The molecule has 0 aromatic carbocycles. The molecule has 1 aliphatic rings. The van der Waals surface area contributed by atoms with Crippen molar-refractivity contribution in [3.63, 3.8) is 0 Å². The van der Waals surface area contributed by atoms with Crippen LogP contribution in [0.4, 0.5) is 11.5 Å². The summed E-state index contributed by atoms with van der Waals surface area (Å²) in [5.41, 5.74) is 0.690. The second-order valence-electron chi connectivity index (χ2n) is 6.15. The summed E-state index contributed by atoms with van der Waals surface area (Å²) >= 11 is 0. The van der Waals surface area contributed by atoms with E-state index in [1.54, 1.807) is 6.07 Å². The zero-order valence-electron chi connectivity index (χ0n) is 13.5. The lowest BCUT2D eigenvalue weighted by Crippen LogP contribution is -2.14. The largest absolute Gasteiger partial charge is 0.322 e. The van der Waals surface area contributed by atoms with E-state index in [0.29, 0.717) is 11.7 Å². The van der Waals surface area contributed by atoms with Crippen LogP contribution in [0.25, 0.3) is 0 Å². The maximum absolute atomic E-state index is 12.2. The Morgan fingerprint density at radius 1 is 1.25 bits per heavy atom. The van der Waals surface area contributed by atoms with Crippen LogP contribution < -0.4 is 5.32 Å². The lowest BCUT2D eigenvalue weighted by Gasteiger charge is -2.10. The minimum Gasteiger partial charge on any atom is -0.303 e. The predicted molar refractivity (Wildman–Crippen MR) is 87.0 cm³/mol. The van der Waals surface area contributed by atoms with Gasteiger partial charge in [-0.2, -0.15) is 10.2 Å². The number of nitrogens with zero attached hydrogens (tertiary/aromatic N) is 3. The van der Waals surface area contributed by atoms with Gasteiger partial charge in [0.15, 0.2) is 5.82 Å². The van der Waals surface area contributed by atoms with Gasteiger partial charge in [0.1, 0.15) is 5.69 Å². The molecule has 0 saturated heterocycles. The number of aromatic nitrogens is 4. The first-order valence-corrected chi connectivity index (χ1v) is 8.12.